The average molecular weight is 605 g/mol. The quantitative estimate of drug-likeness (QED) is 0.384. The van der Waals surface area contributed by atoms with Gasteiger partial charge in [0, 0.05) is 25.4 Å². The number of ether oxygens (including phenoxy) is 1. The van der Waals surface area contributed by atoms with Gasteiger partial charge in [0.05, 0.1) is 57.1 Å². The summed E-state index contributed by atoms with van der Waals surface area (Å²) < 4.78 is 49.8. The second-order valence-corrected chi connectivity index (χ2v) is 12.1. The van der Waals surface area contributed by atoms with Crippen molar-refractivity contribution in [2.45, 2.75) is 76.8 Å². The van der Waals surface area contributed by atoms with Crippen molar-refractivity contribution in [3.05, 3.63) is 45.5 Å². The van der Waals surface area contributed by atoms with Gasteiger partial charge >= 0.3 is 12.1 Å². The highest BCUT2D eigenvalue weighted by atomic mass is 35.5. The fourth-order valence-corrected chi connectivity index (χ4v) is 6.01. The van der Waals surface area contributed by atoms with E-state index in [9.17, 15) is 32.7 Å². The number of carboxylic acid groups (broad SMARTS) is 1. The summed E-state index contributed by atoms with van der Waals surface area (Å²) in [5, 5.41) is 13.3. The molecule has 2 aliphatic rings. The molecule has 1 saturated carbocycles. The summed E-state index contributed by atoms with van der Waals surface area (Å²) in [6.45, 7) is 4.49. The Morgan fingerprint density at radius 3 is 2.20 bits per heavy atom. The third-order valence-electron chi connectivity index (χ3n) is 7.60. The second-order valence-electron chi connectivity index (χ2n) is 11.2. The predicted molar refractivity (Wildman–Crippen MR) is 139 cm³/mol. The molecule has 2 fully saturated rings. The Morgan fingerprint density at radius 2 is 1.70 bits per heavy atom. The Morgan fingerprint density at radius 1 is 1.12 bits per heavy atom. The zero-order valence-corrected chi connectivity index (χ0v) is 23.6. The van der Waals surface area contributed by atoms with E-state index in [-0.39, 0.29) is 47.8 Å². The molecule has 1 N–H and O–H groups in total. The van der Waals surface area contributed by atoms with Crippen molar-refractivity contribution in [2.75, 3.05) is 13.1 Å². The van der Waals surface area contributed by atoms with Crippen LogP contribution in [-0.2, 0) is 15.7 Å². The van der Waals surface area contributed by atoms with Crippen molar-refractivity contribution < 1.29 is 37.4 Å². The molecule has 1 saturated heterocycles. The number of carboxylic acids is 1. The zero-order chi connectivity index (χ0) is 29.6. The van der Waals surface area contributed by atoms with E-state index >= 15 is 0 Å². The Bertz CT molecular complexity index is 1290. The Kier molecular flexibility index (Phi) is 8.28. The summed E-state index contributed by atoms with van der Waals surface area (Å²) in [5.41, 5.74) is -3.55. The van der Waals surface area contributed by atoms with E-state index in [2.05, 4.69) is 10.1 Å². The van der Waals surface area contributed by atoms with Crippen LogP contribution >= 0.6 is 23.2 Å². The maximum Gasteiger partial charge on any atom is 0.433 e. The average Bonchev–Trinajstić information content (AvgIpc) is 3.28. The molecule has 40 heavy (non-hydrogen) atoms. The second kappa shape index (κ2) is 10.9. The van der Waals surface area contributed by atoms with E-state index in [1.165, 1.54) is 12.4 Å². The summed E-state index contributed by atoms with van der Waals surface area (Å²) >= 11 is 12.2. The van der Waals surface area contributed by atoms with Gasteiger partial charge in [0.2, 0.25) is 0 Å². The molecule has 1 amide bonds. The van der Waals surface area contributed by atoms with Gasteiger partial charge in [0.25, 0.3) is 5.91 Å². The number of amides is 1. The van der Waals surface area contributed by atoms with Crippen molar-refractivity contribution in [2.24, 2.45) is 5.41 Å². The van der Waals surface area contributed by atoms with Gasteiger partial charge < -0.3 is 14.7 Å². The Labute approximate surface area is 238 Å². The molecule has 9 nitrogen and oxygen atoms in total. The molecule has 2 aromatic rings. The third kappa shape index (κ3) is 6.13. The van der Waals surface area contributed by atoms with E-state index in [1.807, 2.05) is 13.8 Å². The summed E-state index contributed by atoms with van der Waals surface area (Å²) in [6, 6.07) is -0.745. The van der Waals surface area contributed by atoms with Crippen molar-refractivity contribution >= 4 is 40.9 Å². The number of carbonyl (C=O) groups excluding carboxylic acids is 2. The number of halogens is 5. The number of hydrogen-bond acceptors (Lipinski definition) is 6. The van der Waals surface area contributed by atoms with Gasteiger partial charge in [-0.1, -0.05) is 23.2 Å². The lowest BCUT2D eigenvalue weighted by molar-refractivity contribution is -0.187. The van der Waals surface area contributed by atoms with Crippen LogP contribution in [0.15, 0.2) is 18.6 Å². The van der Waals surface area contributed by atoms with Crippen LogP contribution in [0.4, 0.5) is 13.2 Å². The van der Waals surface area contributed by atoms with Gasteiger partial charge in [-0.25, -0.2) is 0 Å². The minimum absolute atomic E-state index is 0.0552. The van der Waals surface area contributed by atoms with Crippen LogP contribution in [0.25, 0.3) is 0 Å². The zero-order valence-electron chi connectivity index (χ0n) is 22.1. The molecule has 1 aliphatic carbocycles. The highest BCUT2D eigenvalue weighted by Gasteiger charge is 2.46. The van der Waals surface area contributed by atoms with Crippen molar-refractivity contribution in [3.8, 4) is 0 Å². The first-order valence-corrected chi connectivity index (χ1v) is 13.5. The van der Waals surface area contributed by atoms with Crippen molar-refractivity contribution in [3.63, 3.8) is 0 Å². The molecule has 3 heterocycles. The number of carbonyl (C=O) groups is 3. The van der Waals surface area contributed by atoms with E-state index in [1.54, 1.807) is 6.92 Å². The van der Waals surface area contributed by atoms with Gasteiger partial charge in [-0.05, 0) is 46.5 Å². The minimum Gasteiger partial charge on any atom is -0.481 e. The van der Waals surface area contributed by atoms with E-state index in [0.717, 1.165) is 15.8 Å². The van der Waals surface area contributed by atoms with E-state index in [0.29, 0.717) is 6.42 Å². The number of alkyl halides is 3. The number of aliphatic carboxylic acids is 1. The lowest BCUT2D eigenvalue weighted by Gasteiger charge is -2.44. The lowest BCUT2D eigenvalue weighted by atomic mass is 9.74. The van der Waals surface area contributed by atoms with E-state index in [4.69, 9.17) is 27.9 Å². The topological polar surface area (TPSA) is 115 Å². The van der Waals surface area contributed by atoms with Crippen LogP contribution in [0.5, 0.6) is 0 Å². The van der Waals surface area contributed by atoms with Crippen LogP contribution < -0.4 is 0 Å². The van der Waals surface area contributed by atoms with E-state index < -0.39 is 64.8 Å². The van der Waals surface area contributed by atoms with Crippen LogP contribution in [-0.4, -0.2) is 67.2 Å². The molecule has 0 radical (unpaired) electrons. The first-order chi connectivity index (χ1) is 18.5. The van der Waals surface area contributed by atoms with Gasteiger partial charge in [-0.15, -0.1) is 0 Å². The van der Waals surface area contributed by atoms with Gasteiger partial charge in [0.15, 0.2) is 11.5 Å². The highest BCUT2D eigenvalue weighted by molar-refractivity contribution is 6.39. The number of Topliss-reactive ketones (excluding diaryl/α,β-unsaturated/α-hetero) is 1. The fourth-order valence-electron chi connectivity index (χ4n) is 5.43. The van der Waals surface area contributed by atoms with Crippen molar-refractivity contribution in [1.29, 1.82) is 0 Å². The summed E-state index contributed by atoms with van der Waals surface area (Å²) in [5.74, 6) is -2.73. The molecule has 218 valence electrons. The minimum atomic E-state index is -4.95. The number of hydrogen-bond donors (Lipinski definition) is 1. The first-order valence-electron chi connectivity index (χ1n) is 12.7. The molecular formula is C26H29Cl2F3N4O5. The molecule has 1 aliphatic heterocycles. The molecule has 1 unspecified atom stereocenters. The molecule has 0 bridgehead atoms. The smallest absolute Gasteiger partial charge is 0.433 e. The standard InChI is InChI=1S/C26H29Cl2F3N4O5/c1-24(2)8-15(40-24)12-34(13-19(36)20-17(27)10-32-11-18(20)28)22(37)16-9-33-35(21(16)26(29,30)31)14-4-6-25(3,7-5-14)23(38)39/h9-11,14-15H,4-8,12-13H2,1-3H3,(H,38,39)/t14-,15?,25-. The lowest BCUT2D eigenvalue weighted by Crippen LogP contribution is -2.53. The molecule has 4 rings (SSSR count). The number of aromatic nitrogens is 3. The molecule has 14 heteroatoms. The fraction of sp³-hybridized carbons (Fsp3) is 0.577. The van der Waals surface area contributed by atoms with Crippen LogP contribution in [0.3, 0.4) is 0 Å². The largest absolute Gasteiger partial charge is 0.481 e. The van der Waals surface area contributed by atoms with Crippen molar-refractivity contribution in [1.82, 2.24) is 19.7 Å². The number of ketones is 1. The van der Waals surface area contributed by atoms with Crippen LogP contribution in [0.2, 0.25) is 10.0 Å². The van der Waals surface area contributed by atoms with Gasteiger partial charge in [-0.3, -0.25) is 24.0 Å². The SMILES string of the molecule is CC1(C)CC(CN(CC(=O)c2c(Cl)cncc2Cl)C(=O)c2cnn([C@H]3CC[C@](C)(C(=O)O)CC3)c2C(F)(F)F)O1. The van der Waals surface area contributed by atoms with Crippen LogP contribution in [0, 0.1) is 5.41 Å². The molecular weight excluding hydrogens is 576 g/mol. The number of pyridine rings is 1. The molecule has 1 atom stereocenters. The summed E-state index contributed by atoms with van der Waals surface area (Å²) in [4.78, 5) is 43.2. The first kappa shape index (κ1) is 30.3. The maximum absolute atomic E-state index is 14.4. The Balaban J connectivity index is 1.65. The number of rotatable bonds is 8. The number of nitrogens with zero attached hydrogens (tertiary/aromatic N) is 4. The predicted octanol–water partition coefficient (Wildman–Crippen LogP) is 5.70. The van der Waals surface area contributed by atoms with Gasteiger partial charge in [-0.2, -0.15) is 18.3 Å². The molecule has 0 spiro atoms. The molecule has 0 aromatic carbocycles. The molecule has 2 aromatic heterocycles. The normalized spacial score (nSPS) is 24.3. The maximum atomic E-state index is 14.4. The third-order valence-corrected chi connectivity index (χ3v) is 8.17. The van der Waals surface area contributed by atoms with Crippen LogP contribution in [0.1, 0.15) is 85.3 Å². The Hall–Kier alpha value is -2.70. The van der Waals surface area contributed by atoms with Gasteiger partial charge in [0.1, 0.15) is 0 Å². The monoisotopic (exact) mass is 604 g/mol. The summed E-state index contributed by atoms with van der Waals surface area (Å²) in [7, 11) is 0. The summed E-state index contributed by atoms with van der Waals surface area (Å²) in [6.07, 6.45) is -1.04. The highest BCUT2D eigenvalue weighted by Crippen LogP contribution is 2.43.